The monoisotopic (exact) mass is 479 g/mol. The molecule has 3 heterocycles. The van der Waals surface area contributed by atoms with Crippen molar-refractivity contribution in [3.05, 3.63) is 95.2 Å². The number of carbonyl (C=O) groups is 2. The van der Waals surface area contributed by atoms with E-state index in [0.29, 0.717) is 30.4 Å². The molecule has 1 saturated heterocycles. The molecule has 0 aliphatic carbocycles. The van der Waals surface area contributed by atoms with Crippen LogP contribution in [0.4, 0.5) is 10.5 Å². The Labute approximate surface area is 210 Å². The minimum atomic E-state index is -0.564. The fourth-order valence-electron chi connectivity index (χ4n) is 5.58. The SMILES string of the molecule is CCOc1ccc(N2C(=O)C3Cc4c([nH]c5ccccc45)C(c4ccc(C(C)C)cc4)N3C2=O)cc1. The first-order valence-electron chi connectivity index (χ1n) is 12.6. The number of imide groups is 1. The maximum atomic E-state index is 13.9. The Hall–Kier alpha value is -4.06. The van der Waals surface area contributed by atoms with Crippen LogP contribution in [-0.2, 0) is 11.2 Å². The van der Waals surface area contributed by atoms with Gasteiger partial charge in [0.15, 0.2) is 0 Å². The van der Waals surface area contributed by atoms with E-state index in [-0.39, 0.29) is 18.0 Å². The molecule has 182 valence electrons. The molecule has 3 amide bonds. The van der Waals surface area contributed by atoms with Gasteiger partial charge in [-0.25, -0.2) is 9.69 Å². The van der Waals surface area contributed by atoms with E-state index in [2.05, 4.69) is 49.2 Å². The van der Waals surface area contributed by atoms with Crippen LogP contribution in [0.5, 0.6) is 5.75 Å². The Morgan fingerprint density at radius 3 is 2.39 bits per heavy atom. The molecule has 0 radical (unpaired) electrons. The van der Waals surface area contributed by atoms with Crippen molar-refractivity contribution in [2.24, 2.45) is 0 Å². The lowest BCUT2D eigenvalue weighted by molar-refractivity contribution is -0.120. The average Bonchev–Trinajstić information content (AvgIpc) is 3.38. The predicted octanol–water partition coefficient (Wildman–Crippen LogP) is 6.17. The molecule has 36 heavy (non-hydrogen) atoms. The number of benzene rings is 3. The standard InChI is InChI=1S/C30H29N3O3/c1-4-36-22-15-13-21(14-16-22)32-29(34)26-17-24-23-7-5-6-8-25(23)31-27(24)28(33(26)30(32)35)20-11-9-19(10-12-20)18(2)3/h5-16,18,26,28,31H,4,17H2,1-3H3. The van der Waals surface area contributed by atoms with Gasteiger partial charge in [-0.05, 0) is 59.9 Å². The summed E-state index contributed by atoms with van der Waals surface area (Å²) in [7, 11) is 0. The van der Waals surface area contributed by atoms with E-state index >= 15 is 0 Å². The van der Waals surface area contributed by atoms with E-state index in [1.54, 1.807) is 29.2 Å². The second-order valence-electron chi connectivity index (χ2n) is 9.80. The summed E-state index contributed by atoms with van der Waals surface area (Å²) >= 11 is 0. The summed E-state index contributed by atoms with van der Waals surface area (Å²) in [6.07, 6.45) is 0.484. The highest BCUT2D eigenvalue weighted by Gasteiger charge is 2.53. The number of para-hydroxylation sites is 1. The number of hydrogen-bond acceptors (Lipinski definition) is 3. The summed E-state index contributed by atoms with van der Waals surface area (Å²) in [5.74, 6) is 0.929. The van der Waals surface area contributed by atoms with Crippen molar-refractivity contribution >= 4 is 28.5 Å². The van der Waals surface area contributed by atoms with Crippen molar-refractivity contribution in [3.63, 3.8) is 0 Å². The molecule has 0 spiro atoms. The third-order valence-corrected chi connectivity index (χ3v) is 7.37. The lowest BCUT2D eigenvalue weighted by Crippen LogP contribution is -2.44. The van der Waals surface area contributed by atoms with Crippen LogP contribution >= 0.6 is 0 Å². The number of hydrogen-bond donors (Lipinski definition) is 1. The van der Waals surface area contributed by atoms with E-state index in [4.69, 9.17) is 4.74 Å². The van der Waals surface area contributed by atoms with Crippen molar-refractivity contribution in [1.29, 1.82) is 0 Å². The van der Waals surface area contributed by atoms with E-state index in [1.165, 1.54) is 10.5 Å². The predicted molar refractivity (Wildman–Crippen MR) is 140 cm³/mol. The summed E-state index contributed by atoms with van der Waals surface area (Å²) in [4.78, 5) is 34.4. The highest BCUT2D eigenvalue weighted by atomic mass is 16.5. The smallest absolute Gasteiger partial charge is 0.332 e. The number of rotatable bonds is 5. The average molecular weight is 480 g/mol. The number of ether oxygens (including phenoxy) is 1. The molecule has 6 heteroatoms. The summed E-state index contributed by atoms with van der Waals surface area (Å²) in [6.45, 7) is 6.81. The normalized spacial score (nSPS) is 19.2. The van der Waals surface area contributed by atoms with Crippen LogP contribution in [0, 0.1) is 0 Å². The Balaban J connectivity index is 1.47. The molecular weight excluding hydrogens is 450 g/mol. The lowest BCUT2D eigenvalue weighted by Gasteiger charge is -2.36. The van der Waals surface area contributed by atoms with E-state index in [1.807, 2.05) is 25.1 Å². The molecule has 1 N–H and O–H groups in total. The molecule has 0 bridgehead atoms. The molecule has 2 aliphatic heterocycles. The quantitative estimate of drug-likeness (QED) is 0.348. The maximum absolute atomic E-state index is 13.9. The highest BCUT2D eigenvalue weighted by molar-refractivity contribution is 6.22. The summed E-state index contributed by atoms with van der Waals surface area (Å²) < 4.78 is 5.54. The third-order valence-electron chi connectivity index (χ3n) is 7.37. The first kappa shape index (κ1) is 22.4. The number of anilines is 1. The van der Waals surface area contributed by atoms with Gasteiger partial charge < -0.3 is 9.72 Å². The van der Waals surface area contributed by atoms with Crippen molar-refractivity contribution in [1.82, 2.24) is 9.88 Å². The van der Waals surface area contributed by atoms with Crippen LogP contribution < -0.4 is 9.64 Å². The Bertz CT molecular complexity index is 1450. The van der Waals surface area contributed by atoms with Crippen molar-refractivity contribution in [3.8, 4) is 5.75 Å². The topological polar surface area (TPSA) is 65.6 Å². The lowest BCUT2D eigenvalue weighted by atomic mass is 9.88. The van der Waals surface area contributed by atoms with Gasteiger partial charge in [-0.3, -0.25) is 9.69 Å². The number of amides is 3. The zero-order valence-electron chi connectivity index (χ0n) is 20.7. The van der Waals surface area contributed by atoms with Crippen LogP contribution in [0.15, 0.2) is 72.8 Å². The molecule has 2 aliphatic rings. The molecule has 2 unspecified atom stereocenters. The van der Waals surface area contributed by atoms with Gasteiger partial charge in [0.1, 0.15) is 17.8 Å². The second-order valence-corrected chi connectivity index (χ2v) is 9.80. The first-order valence-corrected chi connectivity index (χ1v) is 12.6. The van der Waals surface area contributed by atoms with Gasteiger partial charge in [-0.15, -0.1) is 0 Å². The number of aromatic amines is 1. The van der Waals surface area contributed by atoms with Gasteiger partial charge in [-0.1, -0.05) is 56.3 Å². The molecule has 2 atom stereocenters. The molecule has 6 rings (SSSR count). The summed E-state index contributed by atoms with van der Waals surface area (Å²) in [5.41, 5.74) is 5.91. The number of fused-ring (bicyclic) bond motifs is 4. The number of carbonyl (C=O) groups excluding carboxylic acids is 2. The number of nitrogens with one attached hydrogen (secondary N) is 1. The Morgan fingerprint density at radius 2 is 1.69 bits per heavy atom. The molecule has 1 aromatic heterocycles. The minimum Gasteiger partial charge on any atom is -0.494 e. The van der Waals surface area contributed by atoms with Gasteiger partial charge in [0.25, 0.3) is 5.91 Å². The van der Waals surface area contributed by atoms with Gasteiger partial charge in [0, 0.05) is 23.0 Å². The van der Waals surface area contributed by atoms with Gasteiger partial charge in [0.05, 0.1) is 12.3 Å². The number of urea groups is 1. The van der Waals surface area contributed by atoms with Crippen LogP contribution in [0.1, 0.15) is 55.1 Å². The van der Waals surface area contributed by atoms with Gasteiger partial charge in [0.2, 0.25) is 0 Å². The number of nitrogens with zero attached hydrogens (tertiary/aromatic N) is 2. The van der Waals surface area contributed by atoms with Crippen molar-refractivity contribution in [2.75, 3.05) is 11.5 Å². The van der Waals surface area contributed by atoms with E-state index < -0.39 is 6.04 Å². The van der Waals surface area contributed by atoms with Gasteiger partial charge in [-0.2, -0.15) is 0 Å². The first-order chi connectivity index (χ1) is 17.5. The largest absolute Gasteiger partial charge is 0.494 e. The minimum absolute atomic E-state index is 0.191. The fourth-order valence-corrected chi connectivity index (χ4v) is 5.58. The molecule has 3 aromatic carbocycles. The zero-order chi connectivity index (χ0) is 25.0. The van der Waals surface area contributed by atoms with Crippen LogP contribution in [-0.4, -0.2) is 34.5 Å². The van der Waals surface area contributed by atoms with E-state index in [0.717, 1.165) is 27.7 Å². The highest BCUT2D eigenvalue weighted by Crippen LogP contribution is 2.45. The Morgan fingerprint density at radius 1 is 0.972 bits per heavy atom. The van der Waals surface area contributed by atoms with Gasteiger partial charge >= 0.3 is 6.03 Å². The Kier molecular flexibility index (Phi) is 5.32. The molecule has 4 aromatic rings. The molecule has 6 nitrogen and oxygen atoms in total. The van der Waals surface area contributed by atoms with Crippen molar-refractivity contribution < 1.29 is 14.3 Å². The van der Waals surface area contributed by atoms with Crippen LogP contribution in [0.2, 0.25) is 0 Å². The summed E-state index contributed by atoms with van der Waals surface area (Å²) in [6, 6.07) is 22.5. The molecule has 1 fully saturated rings. The molecular formula is C30H29N3O3. The van der Waals surface area contributed by atoms with Crippen LogP contribution in [0.25, 0.3) is 10.9 Å². The third kappa shape index (κ3) is 3.40. The van der Waals surface area contributed by atoms with Crippen LogP contribution in [0.3, 0.4) is 0 Å². The summed E-state index contributed by atoms with van der Waals surface area (Å²) in [5, 5.41) is 1.11. The maximum Gasteiger partial charge on any atom is 0.332 e. The van der Waals surface area contributed by atoms with Crippen molar-refractivity contribution in [2.45, 2.75) is 45.2 Å². The van der Waals surface area contributed by atoms with E-state index in [9.17, 15) is 9.59 Å². The zero-order valence-corrected chi connectivity index (χ0v) is 20.7. The molecule has 0 saturated carbocycles. The second kappa shape index (κ2) is 8.55. The fraction of sp³-hybridized carbons (Fsp3) is 0.267. The number of H-pyrrole nitrogens is 1. The number of aromatic nitrogens is 1.